The van der Waals surface area contributed by atoms with E-state index in [1.165, 1.54) is 12.7 Å². The molecular weight excluding hydrogens is 314 g/mol. The largest absolute Gasteiger partial charge is 0.497 e. The van der Waals surface area contributed by atoms with E-state index in [0.717, 1.165) is 33.5 Å². The molecule has 0 radical (unpaired) electrons. The Kier molecular flexibility index (Phi) is 4.79. The molecule has 0 aliphatic carbocycles. The van der Waals surface area contributed by atoms with E-state index in [-0.39, 0.29) is 11.9 Å². The van der Waals surface area contributed by atoms with Gasteiger partial charge >= 0.3 is 5.97 Å². The Balaban J connectivity index is 2.15. The van der Waals surface area contributed by atoms with Gasteiger partial charge in [-0.1, -0.05) is 29.8 Å². The Labute approximate surface area is 147 Å². The molecule has 25 heavy (non-hydrogen) atoms. The predicted octanol–water partition coefficient (Wildman–Crippen LogP) is 4.49. The molecule has 2 aromatic carbocycles. The summed E-state index contributed by atoms with van der Waals surface area (Å²) in [5, 5.41) is 1.10. The van der Waals surface area contributed by atoms with Crippen molar-refractivity contribution in [1.82, 2.24) is 4.98 Å². The van der Waals surface area contributed by atoms with Gasteiger partial charge in [0.05, 0.1) is 20.6 Å². The molecule has 0 fully saturated rings. The molecule has 0 aliphatic rings. The fourth-order valence-corrected chi connectivity index (χ4v) is 3.34. The van der Waals surface area contributed by atoms with Crippen molar-refractivity contribution >= 4 is 16.9 Å². The van der Waals surface area contributed by atoms with Crippen LogP contribution in [0.1, 0.15) is 34.7 Å². The summed E-state index contributed by atoms with van der Waals surface area (Å²) >= 11 is 0. The fourth-order valence-electron chi connectivity index (χ4n) is 3.34. The standard InChI is InChI=1S/C21H23NO3/c1-13-5-7-15(8-6-13)18(12-20(23)25-4)21-14(2)22-19-11-16(24-3)9-10-17(19)21/h5-11,18,22H,12H2,1-4H3. The summed E-state index contributed by atoms with van der Waals surface area (Å²) in [7, 11) is 3.09. The first-order valence-electron chi connectivity index (χ1n) is 8.33. The van der Waals surface area contributed by atoms with E-state index >= 15 is 0 Å². The topological polar surface area (TPSA) is 51.3 Å². The molecule has 4 nitrogen and oxygen atoms in total. The van der Waals surface area contributed by atoms with Crippen LogP contribution in [0.2, 0.25) is 0 Å². The van der Waals surface area contributed by atoms with Crippen molar-refractivity contribution in [2.24, 2.45) is 0 Å². The first-order chi connectivity index (χ1) is 12.0. The van der Waals surface area contributed by atoms with E-state index in [9.17, 15) is 4.79 Å². The summed E-state index contributed by atoms with van der Waals surface area (Å²) in [5.41, 5.74) is 5.50. The normalized spacial score (nSPS) is 12.2. The summed E-state index contributed by atoms with van der Waals surface area (Å²) in [5.74, 6) is 0.531. The number of aromatic nitrogens is 1. The summed E-state index contributed by atoms with van der Waals surface area (Å²) in [6.07, 6.45) is 0.305. The quantitative estimate of drug-likeness (QED) is 0.698. The second kappa shape index (κ2) is 7.01. The van der Waals surface area contributed by atoms with Crippen LogP contribution in [0.4, 0.5) is 0 Å². The number of benzene rings is 2. The molecule has 1 N–H and O–H groups in total. The molecule has 130 valence electrons. The van der Waals surface area contributed by atoms with Gasteiger partial charge in [-0.3, -0.25) is 4.79 Å². The Morgan fingerprint density at radius 2 is 1.80 bits per heavy atom. The lowest BCUT2D eigenvalue weighted by atomic mass is 9.86. The summed E-state index contributed by atoms with van der Waals surface area (Å²) in [6, 6.07) is 14.3. The van der Waals surface area contributed by atoms with Gasteiger partial charge in [-0.05, 0) is 37.1 Å². The molecule has 1 unspecified atom stereocenters. The van der Waals surface area contributed by atoms with Gasteiger partial charge in [0.15, 0.2) is 0 Å². The van der Waals surface area contributed by atoms with Gasteiger partial charge in [0.25, 0.3) is 0 Å². The Morgan fingerprint density at radius 1 is 1.08 bits per heavy atom. The van der Waals surface area contributed by atoms with Gasteiger partial charge in [0, 0.05) is 28.6 Å². The summed E-state index contributed by atoms with van der Waals surface area (Å²) < 4.78 is 10.3. The third-order valence-corrected chi connectivity index (χ3v) is 4.67. The van der Waals surface area contributed by atoms with Gasteiger partial charge in [-0.25, -0.2) is 0 Å². The predicted molar refractivity (Wildman–Crippen MR) is 99.2 cm³/mol. The van der Waals surface area contributed by atoms with Crippen LogP contribution in [0, 0.1) is 13.8 Å². The highest BCUT2D eigenvalue weighted by Gasteiger charge is 2.24. The maximum atomic E-state index is 12.1. The molecule has 3 rings (SSSR count). The van der Waals surface area contributed by atoms with Crippen LogP contribution in [-0.4, -0.2) is 25.2 Å². The van der Waals surface area contributed by atoms with Crippen LogP contribution < -0.4 is 4.74 Å². The number of ether oxygens (including phenoxy) is 2. The third-order valence-electron chi connectivity index (χ3n) is 4.67. The van der Waals surface area contributed by atoms with Crippen molar-refractivity contribution in [3.8, 4) is 5.75 Å². The van der Waals surface area contributed by atoms with Crippen LogP contribution in [0.25, 0.3) is 10.9 Å². The van der Waals surface area contributed by atoms with Gasteiger partial charge in [0.2, 0.25) is 0 Å². The van der Waals surface area contributed by atoms with Crippen molar-refractivity contribution in [2.45, 2.75) is 26.2 Å². The number of hydrogen-bond donors (Lipinski definition) is 1. The summed E-state index contributed by atoms with van der Waals surface area (Å²) in [6.45, 7) is 4.10. The van der Waals surface area contributed by atoms with Crippen LogP contribution in [0.5, 0.6) is 5.75 Å². The minimum atomic E-state index is -0.215. The Hall–Kier alpha value is -2.75. The van der Waals surface area contributed by atoms with Crippen molar-refractivity contribution in [2.75, 3.05) is 14.2 Å². The number of hydrogen-bond acceptors (Lipinski definition) is 3. The van der Waals surface area contributed by atoms with E-state index in [4.69, 9.17) is 9.47 Å². The molecule has 0 spiro atoms. The number of rotatable bonds is 5. The van der Waals surface area contributed by atoms with Crippen LogP contribution in [-0.2, 0) is 9.53 Å². The number of aryl methyl sites for hydroxylation is 2. The average Bonchev–Trinajstić information content (AvgIpc) is 2.95. The minimum absolute atomic E-state index is 0.0600. The van der Waals surface area contributed by atoms with Crippen molar-refractivity contribution < 1.29 is 14.3 Å². The monoisotopic (exact) mass is 337 g/mol. The number of esters is 1. The van der Waals surface area contributed by atoms with Crippen molar-refractivity contribution in [3.05, 3.63) is 64.8 Å². The molecule has 3 aromatic rings. The lowest BCUT2D eigenvalue weighted by molar-refractivity contribution is -0.140. The Morgan fingerprint density at radius 3 is 2.44 bits per heavy atom. The zero-order valence-corrected chi connectivity index (χ0v) is 15.1. The number of carbonyl (C=O) groups excluding carboxylic acids is 1. The smallest absolute Gasteiger partial charge is 0.306 e. The highest BCUT2D eigenvalue weighted by atomic mass is 16.5. The highest BCUT2D eigenvalue weighted by molar-refractivity contribution is 5.87. The van der Waals surface area contributed by atoms with Crippen LogP contribution in [0.3, 0.4) is 0 Å². The maximum Gasteiger partial charge on any atom is 0.306 e. The fraction of sp³-hybridized carbons (Fsp3) is 0.286. The van der Waals surface area contributed by atoms with E-state index in [2.05, 4.69) is 36.2 Å². The number of methoxy groups -OCH3 is 2. The van der Waals surface area contributed by atoms with E-state index in [1.807, 2.05) is 25.1 Å². The van der Waals surface area contributed by atoms with Crippen LogP contribution >= 0.6 is 0 Å². The molecular formula is C21H23NO3. The number of aromatic amines is 1. The first-order valence-corrected chi connectivity index (χ1v) is 8.33. The van der Waals surface area contributed by atoms with Crippen molar-refractivity contribution in [3.63, 3.8) is 0 Å². The van der Waals surface area contributed by atoms with Crippen LogP contribution in [0.15, 0.2) is 42.5 Å². The molecule has 1 aromatic heterocycles. The molecule has 4 heteroatoms. The average molecular weight is 337 g/mol. The highest BCUT2D eigenvalue weighted by Crippen LogP contribution is 2.37. The Bertz CT molecular complexity index is 893. The second-order valence-corrected chi connectivity index (χ2v) is 6.32. The third kappa shape index (κ3) is 3.38. The number of H-pyrrole nitrogens is 1. The molecule has 0 bridgehead atoms. The SMILES string of the molecule is COC(=O)CC(c1ccc(C)cc1)c1c(C)[nH]c2cc(OC)ccc12. The zero-order chi connectivity index (χ0) is 18.0. The van der Waals surface area contributed by atoms with Crippen molar-refractivity contribution in [1.29, 1.82) is 0 Å². The molecule has 1 atom stereocenters. The zero-order valence-electron chi connectivity index (χ0n) is 15.1. The number of nitrogens with one attached hydrogen (secondary N) is 1. The van der Waals surface area contributed by atoms with Gasteiger partial charge in [-0.15, -0.1) is 0 Å². The first kappa shape index (κ1) is 17.1. The minimum Gasteiger partial charge on any atom is -0.497 e. The molecule has 0 aliphatic heterocycles. The number of carbonyl (C=O) groups is 1. The lowest BCUT2D eigenvalue weighted by Crippen LogP contribution is -2.11. The molecule has 0 amide bonds. The molecule has 1 heterocycles. The van der Waals surface area contributed by atoms with Gasteiger partial charge < -0.3 is 14.5 Å². The second-order valence-electron chi connectivity index (χ2n) is 6.32. The molecule has 0 saturated carbocycles. The van der Waals surface area contributed by atoms with E-state index in [0.29, 0.717) is 6.42 Å². The van der Waals surface area contributed by atoms with Gasteiger partial charge in [0.1, 0.15) is 5.75 Å². The summed E-state index contributed by atoms with van der Waals surface area (Å²) in [4.78, 5) is 15.5. The molecule has 0 saturated heterocycles. The van der Waals surface area contributed by atoms with Gasteiger partial charge in [-0.2, -0.15) is 0 Å². The van der Waals surface area contributed by atoms with E-state index < -0.39 is 0 Å². The number of fused-ring (bicyclic) bond motifs is 1. The van der Waals surface area contributed by atoms with E-state index in [1.54, 1.807) is 7.11 Å². The maximum absolute atomic E-state index is 12.1. The lowest BCUT2D eigenvalue weighted by Gasteiger charge is -2.18.